The summed E-state index contributed by atoms with van der Waals surface area (Å²) in [6, 6.07) is 23.9. The number of amides is 1. The lowest BCUT2D eigenvalue weighted by Gasteiger charge is -2.22. The monoisotopic (exact) mass is 408 g/mol. The third-order valence-electron chi connectivity index (χ3n) is 4.52. The standard InChI is InChI=1S/C23H24N2O3S/c1-18-7-6-8-20(15-18)16-24-23(26)21-13-11-19(12-14-21)17-25(29(2,27)28)22-9-4-3-5-10-22/h3-15H,16-17H2,1-2H3,(H,24,26). The molecule has 0 aromatic heterocycles. The van der Waals surface area contributed by atoms with Gasteiger partial charge >= 0.3 is 0 Å². The van der Waals surface area contributed by atoms with Crippen molar-refractivity contribution in [2.75, 3.05) is 10.6 Å². The number of anilines is 1. The number of para-hydroxylation sites is 1. The van der Waals surface area contributed by atoms with Gasteiger partial charge in [0.1, 0.15) is 0 Å². The molecule has 0 aliphatic heterocycles. The summed E-state index contributed by atoms with van der Waals surface area (Å²) in [5, 5.41) is 2.91. The highest BCUT2D eigenvalue weighted by molar-refractivity contribution is 7.92. The van der Waals surface area contributed by atoms with E-state index in [1.54, 1.807) is 48.5 Å². The fourth-order valence-electron chi connectivity index (χ4n) is 3.03. The third-order valence-corrected chi connectivity index (χ3v) is 5.66. The molecular formula is C23H24N2O3S. The van der Waals surface area contributed by atoms with Crippen LogP contribution in [0.15, 0.2) is 78.9 Å². The van der Waals surface area contributed by atoms with Crippen LogP contribution in [-0.4, -0.2) is 20.6 Å². The molecule has 5 nitrogen and oxygen atoms in total. The smallest absolute Gasteiger partial charge is 0.251 e. The molecule has 0 atom stereocenters. The summed E-state index contributed by atoms with van der Waals surface area (Å²) in [7, 11) is -3.43. The maximum Gasteiger partial charge on any atom is 0.251 e. The number of hydrogen-bond acceptors (Lipinski definition) is 3. The number of carbonyl (C=O) groups is 1. The van der Waals surface area contributed by atoms with Gasteiger partial charge in [-0.2, -0.15) is 0 Å². The molecule has 0 saturated heterocycles. The van der Waals surface area contributed by atoms with E-state index in [1.165, 1.54) is 10.6 Å². The van der Waals surface area contributed by atoms with E-state index in [9.17, 15) is 13.2 Å². The van der Waals surface area contributed by atoms with Gasteiger partial charge in [-0.3, -0.25) is 9.10 Å². The normalized spacial score (nSPS) is 11.1. The minimum atomic E-state index is -3.43. The van der Waals surface area contributed by atoms with Crippen molar-refractivity contribution in [1.82, 2.24) is 5.32 Å². The van der Waals surface area contributed by atoms with Crippen LogP contribution in [0.2, 0.25) is 0 Å². The van der Waals surface area contributed by atoms with E-state index in [1.807, 2.05) is 37.3 Å². The summed E-state index contributed by atoms with van der Waals surface area (Å²) in [5.74, 6) is -0.166. The van der Waals surface area contributed by atoms with Gasteiger partial charge < -0.3 is 5.32 Å². The molecule has 6 heteroatoms. The first-order chi connectivity index (χ1) is 13.8. The lowest BCUT2D eigenvalue weighted by molar-refractivity contribution is 0.0951. The summed E-state index contributed by atoms with van der Waals surface area (Å²) in [5.41, 5.74) is 4.13. The quantitative estimate of drug-likeness (QED) is 0.645. The number of aryl methyl sites for hydroxylation is 1. The van der Waals surface area contributed by atoms with Crippen LogP contribution in [0.4, 0.5) is 5.69 Å². The summed E-state index contributed by atoms with van der Waals surface area (Å²) in [6.45, 7) is 2.67. The molecule has 1 amide bonds. The molecule has 0 aliphatic carbocycles. The number of rotatable bonds is 7. The number of hydrogen-bond donors (Lipinski definition) is 1. The van der Waals surface area contributed by atoms with Crippen LogP contribution in [-0.2, 0) is 23.1 Å². The van der Waals surface area contributed by atoms with Gasteiger partial charge in [0.05, 0.1) is 18.5 Å². The van der Waals surface area contributed by atoms with Crippen molar-refractivity contribution in [2.45, 2.75) is 20.0 Å². The number of nitrogens with zero attached hydrogens (tertiary/aromatic N) is 1. The Morgan fingerprint density at radius 3 is 2.21 bits per heavy atom. The fraction of sp³-hybridized carbons (Fsp3) is 0.174. The zero-order valence-corrected chi connectivity index (χ0v) is 17.3. The molecule has 1 N–H and O–H groups in total. The second-order valence-electron chi connectivity index (χ2n) is 6.97. The van der Waals surface area contributed by atoms with E-state index in [0.717, 1.165) is 16.7 Å². The van der Waals surface area contributed by atoms with Gasteiger partial charge in [-0.25, -0.2) is 8.42 Å². The molecule has 3 aromatic carbocycles. The fourth-order valence-corrected chi connectivity index (χ4v) is 3.92. The van der Waals surface area contributed by atoms with Gasteiger partial charge in [0.15, 0.2) is 0 Å². The van der Waals surface area contributed by atoms with Gasteiger partial charge in [-0.15, -0.1) is 0 Å². The summed E-state index contributed by atoms with van der Waals surface area (Å²) >= 11 is 0. The third kappa shape index (κ3) is 5.68. The molecule has 0 bridgehead atoms. The van der Waals surface area contributed by atoms with Crippen LogP contribution >= 0.6 is 0 Å². The molecule has 150 valence electrons. The highest BCUT2D eigenvalue weighted by atomic mass is 32.2. The molecule has 3 rings (SSSR count). The number of carbonyl (C=O) groups excluding carboxylic acids is 1. The van der Waals surface area contributed by atoms with Crippen molar-refractivity contribution in [2.24, 2.45) is 0 Å². The van der Waals surface area contributed by atoms with Crippen molar-refractivity contribution in [1.29, 1.82) is 0 Å². The molecule has 29 heavy (non-hydrogen) atoms. The average Bonchev–Trinajstić information content (AvgIpc) is 2.70. The summed E-state index contributed by atoms with van der Waals surface area (Å²) in [4.78, 5) is 12.4. The first-order valence-corrected chi connectivity index (χ1v) is 11.1. The van der Waals surface area contributed by atoms with Crippen LogP contribution in [0.1, 0.15) is 27.0 Å². The zero-order chi connectivity index (χ0) is 20.9. The Kier molecular flexibility index (Phi) is 6.34. The summed E-state index contributed by atoms with van der Waals surface area (Å²) < 4.78 is 25.8. The van der Waals surface area contributed by atoms with Crippen LogP contribution in [0.5, 0.6) is 0 Å². The topological polar surface area (TPSA) is 66.5 Å². The molecule has 0 saturated carbocycles. The molecule has 0 unspecified atom stereocenters. The van der Waals surface area contributed by atoms with Crippen molar-refractivity contribution < 1.29 is 13.2 Å². The second-order valence-corrected chi connectivity index (χ2v) is 8.88. The molecule has 0 aliphatic rings. The van der Waals surface area contributed by atoms with E-state index >= 15 is 0 Å². The maximum absolute atomic E-state index is 12.4. The van der Waals surface area contributed by atoms with Crippen molar-refractivity contribution in [3.63, 3.8) is 0 Å². The Balaban J connectivity index is 1.68. The SMILES string of the molecule is Cc1cccc(CNC(=O)c2ccc(CN(c3ccccc3)S(C)(=O)=O)cc2)c1. The molecule has 0 fully saturated rings. The van der Waals surface area contributed by atoms with E-state index in [-0.39, 0.29) is 12.5 Å². The van der Waals surface area contributed by atoms with Gasteiger partial charge in [0, 0.05) is 12.1 Å². The number of benzene rings is 3. The van der Waals surface area contributed by atoms with Crippen molar-refractivity contribution in [3.8, 4) is 0 Å². The van der Waals surface area contributed by atoms with Gasteiger partial charge in [0.2, 0.25) is 10.0 Å². The Morgan fingerprint density at radius 1 is 0.897 bits per heavy atom. The van der Waals surface area contributed by atoms with E-state index < -0.39 is 10.0 Å². The lowest BCUT2D eigenvalue weighted by Crippen LogP contribution is -2.29. The average molecular weight is 409 g/mol. The lowest BCUT2D eigenvalue weighted by atomic mass is 10.1. The van der Waals surface area contributed by atoms with Crippen LogP contribution < -0.4 is 9.62 Å². The van der Waals surface area contributed by atoms with Gasteiger partial charge in [-0.1, -0.05) is 60.2 Å². The van der Waals surface area contributed by atoms with E-state index in [2.05, 4.69) is 5.32 Å². The Morgan fingerprint density at radius 2 is 1.59 bits per heavy atom. The van der Waals surface area contributed by atoms with Crippen molar-refractivity contribution >= 4 is 21.6 Å². The van der Waals surface area contributed by atoms with Crippen LogP contribution in [0.25, 0.3) is 0 Å². The summed E-state index contributed by atoms with van der Waals surface area (Å²) in [6.07, 6.45) is 1.19. The minimum absolute atomic E-state index is 0.166. The first-order valence-electron chi connectivity index (χ1n) is 9.28. The van der Waals surface area contributed by atoms with Crippen molar-refractivity contribution in [3.05, 3.63) is 101 Å². The molecular weight excluding hydrogens is 384 g/mol. The Hall–Kier alpha value is -3.12. The largest absolute Gasteiger partial charge is 0.348 e. The second kappa shape index (κ2) is 8.92. The van der Waals surface area contributed by atoms with E-state index in [4.69, 9.17) is 0 Å². The van der Waals surface area contributed by atoms with Gasteiger partial charge in [-0.05, 0) is 42.3 Å². The molecule has 0 spiro atoms. The molecule has 0 heterocycles. The highest BCUT2D eigenvalue weighted by Gasteiger charge is 2.17. The van der Waals surface area contributed by atoms with E-state index in [0.29, 0.717) is 17.8 Å². The highest BCUT2D eigenvalue weighted by Crippen LogP contribution is 2.20. The number of sulfonamides is 1. The van der Waals surface area contributed by atoms with Crippen LogP contribution in [0, 0.1) is 6.92 Å². The zero-order valence-electron chi connectivity index (χ0n) is 16.5. The molecule has 3 aromatic rings. The van der Waals surface area contributed by atoms with Gasteiger partial charge in [0.25, 0.3) is 5.91 Å². The Bertz CT molecular complexity index is 1080. The van der Waals surface area contributed by atoms with Crippen LogP contribution in [0.3, 0.4) is 0 Å². The predicted octanol–water partition coefficient (Wildman–Crippen LogP) is 3.89. The minimum Gasteiger partial charge on any atom is -0.348 e. The first kappa shape index (κ1) is 20.6. The predicted molar refractivity (Wildman–Crippen MR) is 116 cm³/mol. The number of nitrogens with one attached hydrogen (secondary N) is 1. The Labute approximate surface area is 172 Å². The molecule has 0 radical (unpaired) electrons. The maximum atomic E-state index is 12.4.